The third-order valence-electron chi connectivity index (χ3n) is 4.76. The summed E-state index contributed by atoms with van der Waals surface area (Å²) < 4.78 is 16.1. The zero-order chi connectivity index (χ0) is 22.5. The van der Waals surface area contributed by atoms with Crippen LogP contribution in [0.5, 0.6) is 5.75 Å². The minimum absolute atomic E-state index is 0.0411. The molecule has 166 valence electrons. The molecule has 1 aromatic carbocycles. The van der Waals surface area contributed by atoms with Gasteiger partial charge in [0.05, 0.1) is 12.3 Å². The molecule has 0 bridgehead atoms. The molecule has 8 heteroatoms. The predicted molar refractivity (Wildman–Crippen MR) is 112 cm³/mol. The van der Waals surface area contributed by atoms with Crippen molar-refractivity contribution >= 4 is 17.8 Å². The number of oxime groups is 1. The zero-order valence-corrected chi connectivity index (χ0v) is 18.7. The normalized spacial score (nSPS) is 17.1. The number of hydrogen-bond donors (Lipinski definition) is 1. The number of nitrogens with zero attached hydrogens (tertiary/aromatic N) is 2. The number of benzene rings is 1. The summed E-state index contributed by atoms with van der Waals surface area (Å²) in [5.74, 6) is 0.0100. The molecule has 0 fully saturated rings. The van der Waals surface area contributed by atoms with Crippen LogP contribution in [-0.4, -0.2) is 59.8 Å². The van der Waals surface area contributed by atoms with Gasteiger partial charge >= 0.3 is 12.1 Å². The van der Waals surface area contributed by atoms with E-state index in [0.29, 0.717) is 36.5 Å². The zero-order valence-electron chi connectivity index (χ0n) is 18.7. The van der Waals surface area contributed by atoms with Gasteiger partial charge in [-0.3, -0.25) is 0 Å². The van der Waals surface area contributed by atoms with Gasteiger partial charge < -0.3 is 24.3 Å². The first-order valence-electron chi connectivity index (χ1n) is 10.2. The fraction of sp³-hybridized carbons (Fsp3) is 0.591. The van der Waals surface area contributed by atoms with Crippen LogP contribution < -0.4 is 4.74 Å². The molecule has 1 unspecified atom stereocenters. The molecule has 0 saturated heterocycles. The lowest BCUT2D eigenvalue weighted by Crippen LogP contribution is -2.38. The first kappa shape index (κ1) is 23.5. The second-order valence-electron chi connectivity index (χ2n) is 8.40. The van der Waals surface area contributed by atoms with Crippen LogP contribution in [0.3, 0.4) is 0 Å². The Labute approximate surface area is 177 Å². The Morgan fingerprint density at radius 2 is 2.00 bits per heavy atom. The second-order valence-corrected chi connectivity index (χ2v) is 8.40. The number of carbonyl (C=O) groups is 2. The first-order chi connectivity index (χ1) is 14.1. The number of hydrogen-bond acceptors (Lipinski definition) is 7. The van der Waals surface area contributed by atoms with Crippen LogP contribution in [0, 0.1) is 0 Å². The van der Waals surface area contributed by atoms with Gasteiger partial charge in [0.25, 0.3) is 0 Å². The standard InChI is InChI=1S/C22H32N2O6/c1-7-28-20(25)13-29-19-10-16-8-9-24(21(26)30-22(4,5)6)12-14(2)17(16)11-18(19)15(3)23-27/h10-11,14,27H,7-9,12-13H2,1-6H3/b23-15+. The van der Waals surface area contributed by atoms with E-state index in [1.807, 2.05) is 39.8 Å². The van der Waals surface area contributed by atoms with Crippen molar-refractivity contribution in [2.24, 2.45) is 5.16 Å². The summed E-state index contributed by atoms with van der Waals surface area (Å²) >= 11 is 0. The first-order valence-corrected chi connectivity index (χ1v) is 10.2. The van der Waals surface area contributed by atoms with Gasteiger partial charge in [-0.1, -0.05) is 12.1 Å². The van der Waals surface area contributed by atoms with Crippen molar-refractivity contribution in [3.8, 4) is 5.75 Å². The third kappa shape index (κ3) is 6.11. The van der Waals surface area contributed by atoms with E-state index in [9.17, 15) is 14.8 Å². The molecule has 30 heavy (non-hydrogen) atoms. The third-order valence-corrected chi connectivity index (χ3v) is 4.76. The largest absolute Gasteiger partial charge is 0.481 e. The molecule has 0 spiro atoms. The van der Waals surface area contributed by atoms with Gasteiger partial charge in [-0.25, -0.2) is 9.59 Å². The molecule has 0 radical (unpaired) electrons. The van der Waals surface area contributed by atoms with Gasteiger partial charge in [0.1, 0.15) is 11.4 Å². The number of esters is 1. The molecule has 2 rings (SSSR count). The SMILES string of the molecule is CCOC(=O)COc1cc2c(cc1/C(C)=N/O)C(C)CN(C(=O)OC(C)(C)C)CC2. The summed E-state index contributed by atoms with van der Waals surface area (Å²) in [7, 11) is 0. The van der Waals surface area contributed by atoms with Crippen molar-refractivity contribution in [2.45, 2.75) is 59.5 Å². The maximum atomic E-state index is 12.6. The van der Waals surface area contributed by atoms with E-state index in [2.05, 4.69) is 5.16 Å². The Balaban J connectivity index is 2.31. The summed E-state index contributed by atoms with van der Waals surface area (Å²) in [4.78, 5) is 26.0. The number of fused-ring (bicyclic) bond motifs is 1. The molecule has 1 aliphatic heterocycles. The summed E-state index contributed by atoms with van der Waals surface area (Å²) in [5.41, 5.74) is 2.47. The van der Waals surface area contributed by atoms with Crippen LogP contribution in [0.4, 0.5) is 4.79 Å². The number of amides is 1. The molecule has 1 heterocycles. The Bertz CT molecular complexity index is 813. The summed E-state index contributed by atoms with van der Waals surface area (Å²) in [6.07, 6.45) is 0.277. The van der Waals surface area contributed by atoms with Crippen molar-refractivity contribution in [3.05, 3.63) is 28.8 Å². The average molecular weight is 421 g/mol. The van der Waals surface area contributed by atoms with Gasteiger partial charge in [0.15, 0.2) is 6.61 Å². The van der Waals surface area contributed by atoms with Crippen LogP contribution in [0.15, 0.2) is 17.3 Å². The molecule has 0 saturated carbocycles. The van der Waals surface area contributed by atoms with Crippen molar-refractivity contribution in [3.63, 3.8) is 0 Å². The summed E-state index contributed by atoms with van der Waals surface area (Å²) in [6.45, 7) is 12.0. The Morgan fingerprint density at radius 3 is 2.60 bits per heavy atom. The topological polar surface area (TPSA) is 97.7 Å². The highest BCUT2D eigenvalue weighted by Crippen LogP contribution is 2.32. The molecular formula is C22H32N2O6. The van der Waals surface area contributed by atoms with Gasteiger partial charge in [-0.15, -0.1) is 0 Å². The Hall–Kier alpha value is -2.77. The fourth-order valence-electron chi connectivity index (χ4n) is 3.38. The van der Waals surface area contributed by atoms with E-state index in [1.165, 1.54) is 0 Å². The minimum atomic E-state index is -0.560. The van der Waals surface area contributed by atoms with Gasteiger partial charge in [-0.05, 0) is 70.2 Å². The lowest BCUT2D eigenvalue weighted by molar-refractivity contribution is -0.145. The second kappa shape index (κ2) is 9.82. The highest BCUT2D eigenvalue weighted by Gasteiger charge is 2.28. The summed E-state index contributed by atoms with van der Waals surface area (Å²) in [6, 6.07) is 3.77. The maximum Gasteiger partial charge on any atom is 0.410 e. The lowest BCUT2D eigenvalue weighted by Gasteiger charge is -2.27. The lowest BCUT2D eigenvalue weighted by atomic mass is 9.91. The molecule has 1 N–H and O–H groups in total. The molecule has 0 aliphatic carbocycles. The Morgan fingerprint density at radius 1 is 1.30 bits per heavy atom. The van der Waals surface area contributed by atoms with E-state index >= 15 is 0 Å². The predicted octanol–water partition coefficient (Wildman–Crippen LogP) is 3.72. The van der Waals surface area contributed by atoms with Crippen LogP contribution >= 0.6 is 0 Å². The van der Waals surface area contributed by atoms with Gasteiger partial charge in [0, 0.05) is 18.7 Å². The van der Waals surface area contributed by atoms with Gasteiger partial charge in [-0.2, -0.15) is 0 Å². The molecule has 1 amide bonds. The van der Waals surface area contributed by atoms with Crippen molar-refractivity contribution < 1.29 is 29.0 Å². The monoisotopic (exact) mass is 420 g/mol. The smallest absolute Gasteiger partial charge is 0.410 e. The fourth-order valence-corrected chi connectivity index (χ4v) is 3.38. The van der Waals surface area contributed by atoms with Crippen LogP contribution in [0.25, 0.3) is 0 Å². The van der Waals surface area contributed by atoms with Crippen LogP contribution in [-0.2, 0) is 20.7 Å². The Kier molecular flexibility index (Phi) is 7.70. The number of rotatable bonds is 5. The molecule has 1 aromatic rings. The van der Waals surface area contributed by atoms with Crippen LogP contribution in [0.1, 0.15) is 64.2 Å². The quantitative estimate of drug-likeness (QED) is 0.337. The van der Waals surface area contributed by atoms with E-state index in [-0.39, 0.29) is 25.2 Å². The van der Waals surface area contributed by atoms with E-state index in [1.54, 1.807) is 18.7 Å². The van der Waals surface area contributed by atoms with Crippen molar-refractivity contribution in [1.29, 1.82) is 0 Å². The minimum Gasteiger partial charge on any atom is -0.481 e. The molecule has 0 aromatic heterocycles. The van der Waals surface area contributed by atoms with E-state index in [4.69, 9.17) is 14.2 Å². The number of carbonyl (C=O) groups excluding carboxylic acids is 2. The van der Waals surface area contributed by atoms with Crippen molar-refractivity contribution in [2.75, 3.05) is 26.3 Å². The molecule has 1 atom stereocenters. The molecule has 8 nitrogen and oxygen atoms in total. The molecule has 1 aliphatic rings. The maximum absolute atomic E-state index is 12.6. The average Bonchev–Trinajstić information content (AvgIpc) is 2.82. The van der Waals surface area contributed by atoms with Gasteiger partial charge in [0.2, 0.25) is 0 Å². The van der Waals surface area contributed by atoms with E-state index < -0.39 is 11.6 Å². The number of ether oxygens (including phenoxy) is 3. The van der Waals surface area contributed by atoms with E-state index in [0.717, 1.165) is 11.1 Å². The van der Waals surface area contributed by atoms with Crippen molar-refractivity contribution in [1.82, 2.24) is 4.90 Å². The molecular weight excluding hydrogens is 388 g/mol. The van der Waals surface area contributed by atoms with Crippen LogP contribution in [0.2, 0.25) is 0 Å². The summed E-state index contributed by atoms with van der Waals surface area (Å²) in [5, 5.41) is 12.6. The highest BCUT2D eigenvalue weighted by atomic mass is 16.6. The highest BCUT2D eigenvalue weighted by molar-refractivity contribution is 6.01.